The maximum absolute atomic E-state index is 14.0. The minimum absolute atomic E-state index is 0.239. The van der Waals surface area contributed by atoms with Gasteiger partial charge >= 0.3 is 12.1 Å². The molecule has 0 bridgehead atoms. The third-order valence-corrected chi connectivity index (χ3v) is 4.04. The summed E-state index contributed by atoms with van der Waals surface area (Å²) >= 11 is 0. The van der Waals surface area contributed by atoms with E-state index in [1.807, 2.05) is 0 Å². The first-order valence-corrected chi connectivity index (χ1v) is 8.80. The second kappa shape index (κ2) is 8.47. The van der Waals surface area contributed by atoms with E-state index in [0.717, 1.165) is 6.07 Å². The van der Waals surface area contributed by atoms with Crippen molar-refractivity contribution in [2.45, 2.75) is 32.7 Å². The van der Waals surface area contributed by atoms with E-state index in [4.69, 9.17) is 14.7 Å². The summed E-state index contributed by atoms with van der Waals surface area (Å²) in [5.74, 6) is -2.86. The first-order valence-electron chi connectivity index (χ1n) is 8.80. The van der Waals surface area contributed by atoms with Crippen LogP contribution >= 0.6 is 0 Å². The molecule has 2 heterocycles. The van der Waals surface area contributed by atoms with Crippen LogP contribution < -0.4 is 15.0 Å². The molecular weight excluding hydrogens is 424 g/mol. The van der Waals surface area contributed by atoms with E-state index < -0.39 is 41.2 Å². The fraction of sp³-hybridized carbons (Fsp3) is 0.263. The van der Waals surface area contributed by atoms with E-state index in [9.17, 15) is 22.4 Å². The van der Waals surface area contributed by atoms with Crippen LogP contribution in [0.4, 0.5) is 17.6 Å². The highest BCUT2D eigenvalue weighted by molar-refractivity contribution is 5.61. The summed E-state index contributed by atoms with van der Waals surface area (Å²) in [7, 11) is 0. The van der Waals surface area contributed by atoms with E-state index in [0.29, 0.717) is 11.1 Å². The normalized spacial score (nSPS) is 12.3. The highest BCUT2D eigenvalue weighted by atomic mass is 19.4. The van der Waals surface area contributed by atoms with Crippen LogP contribution in [0.3, 0.4) is 0 Å². The van der Waals surface area contributed by atoms with Gasteiger partial charge in [0.1, 0.15) is 17.4 Å². The molecule has 1 aromatic carbocycles. The van der Waals surface area contributed by atoms with Gasteiger partial charge in [0, 0.05) is 18.1 Å². The number of alkyl halides is 3. The van der Waals surface area contributed by atoms with E-state index in [1.54, 1.807) is 19.9 Å². The van der Waals surface area contributed by atoms with Gasteiger partial charge in [-0.1, -0.05) is 12.1 Å². The van der Waals surface area contributed by atoms with Gasteiger partial charge in [-0.25, -0.2) is 4.39 Å². The van der Waals surface area contributed by atoms with Crippen molar-refractivity contribution in [1.82, 2.24) is 15.1 Å². The van der Waals surface area contributed by atoms with Crippen LogP contribution in [0.1, 0.15) is 30.4 Å². The molecule has 0 aliphatic rings. The van der Waals surface area contributed by atoms with Crippen LogP contribution in [0.25, 0.3) is 11.4 Å². The van der Waals surface area contributed by atoms with Crippen molar-refractivity contribution in [3.63, 3.8) is 0 Å². The van der Waals surface area contributed by atoms with Crippen LogP contribution in [-0.4, -0.2) is 21.4 Å². The highest BCUT2D eigenvalue weighted by Gasteiger charge is 2.38. The lowest BCUT2D eigenvalue weighted by molar-refractivity contribution is -0.159. The Labute approximate surface area is 172 Å². The molecule has 3 rings (SSSR count). The number of halogens is 4. The Bertz CT molecular complexity index is 1200. The standard InChI is InChI=1S/C19H14F4N4O4/c1-3-14(30-17-13(20)7-10(8-24)16(28)26-17)29-11-4-5-12(9(2)6-11)15-25-18(31-27-15)19(21,22)23/h4-7,14H,3H2,1-2H3,(H,26,28). The van der Waals surface area contributed by atoms with Crippen molar-refractivity contribution in [3.05, 3.63) is 57.5 Å². The quantitative estimate of drug-likeness (QED) is 0.458. The molecule has 31 heavy (non-hydrogen) atoms. The van der Waals surface area contributed by atoms with Crippen LogP contribution in [-0.2, 0) is 6.18 Å². The largest absolute Gasteiger partial charge is 0.471 e. The number of hydrogen-bond donors (Lipinski definition) is 1. The number of ether oxygens (including phenoxy) is 2. The average molecular weight is 438 g/mol. The maximum atomic E-state index is 14.0. The van der Waals surface area contributed by atoms with Gasteiger partial charge in [-0.15, -0.1) is 0 Å². The molecular formula is C19H14F4N4O4. The molecule has 2 aromatic heterocycles. The second-order valence-electron chi connectivity index (χ2n) is 6.27. The smallest absolute Gasteiger partial charge is 0.455 e. The molecule has 3 aromatic rings. The number of H-pyrrole nitrogens is 1. The summed E-state index contributed by atoms with van der Waals surface area (Å²) in [5.41, 5.74) is -0.435. The molecule has 0 aliphatic carbocycles. The zero-order chi connectivity index (χ0) is 22.8. The Hall–Kier alpha value is -3.88. The minimum Gasteiger partial charge on any atom is -0.455 e. The number of nitrogens with zero attached hydrogens (tertiary/aromatic N) is 3. The first kappa shape index (κ1) is 21.8. The van der Waals surface area contributed by atoms with Crippen molar-refractivity contribution >= 4 is 0 Å². The predicted octanol–water partition coefficient (Wildman–Crippen LogP) is 3.96. The van der Waals surface area contributed by atoms with Gasteiger partial charge in [0.05, 0.1) is 0 Å². The van der Waals surface area contributed by atoms with Gasteiger partial charge in [-0.3, -0.25) is 9.78 Å². The number of aromatic amines is 1. The number of pyridine rings is 1. The second-order valence-corrected chi connectivity index (χ2v) is 6.27. The summed E-state index contributed by atoms with van der Waals surface area (Å²) in [6.45, 7) is 3.29. The Balaban J connectivity index is 1.78. The predicted molar refractivity (Wildman–Crippen MR) is 96.5 cm³/mol. The zero-order valence-electron chi connectivity index (χ0n) is 16.1. The van der Waals surface area contributed by atoms with Gasteiger partial charge < -0.3 is 14.0 Å². The number of hydrogen-bond acceptors (Lipinski definition) is 7. The summed E-state index contributed by atoms with van der Waals surface area (Å²) in [6, 6.07) is 6.69. The van der Waals surface area contributed by atoms with Crippen molar-refractivity contribution in [2.24, 2.45) is 0 Å². The van der Waals surface area contributed by atoms with E-state index in [2.05, 4.69) is 19.6 Å². The summed E-state index contributed by atoms with van der Waals surface area (Å²) < 4.78 is 67.2. The first-order chi connectivity index (χ1) is 14.6. The number of nitriles is 1. The minimum atomic E-state index is -4.75. The molecule has 8 nitrogen and oxygen atoms in total. The summed E-state index contributed by atoms with van der Waals surface area (Å²) in [6.07, 6.45) is -5.51. The van der Waals surface area contributed by atoms with Crippen molar-refractivity contribution in [3.8, 4) is 29.1 Å². The monoisotopic (exact) mass is 438 g/mol. The van der Waals surface area contributed by atoms with Gasteiger partial charge in [0.25, 0.3) is 5.56 Å². The fourth-order valence-corrected chi connectivity index (χ4v) is 2.54. The SMILES string of the molecule is CCC(Oc1ccc(-c2noc(C(F)(F)F)n2)c(C)c1)Oc1[nH]c(=O)c(C#N)cc1F. The van der Waals surface area contributed by atoms with Crippen LogP contribution in [0.5, 0.6) is 11.6 Å². The Morgan fingerprint density at radius 2 is 2.03 bits per heavy atom. The third-order valence-electron chi connectivity index (χ3n) is 4.04. The molecule has 0 amide bonds. The Morgan fingerprint density at radius 3 is 2.61 bits per heavy atom. The van der Waals surface area contributed by atoms with Gasteiger partial charge in [0.15, 0.2) is 5.82 Å². The summed E-state index contributed by atoms with van der Waals surface area (Å²) in [4.78, 5) is 17.1. The molecule has 1 atom stereocenters. The lowest BCUT2D eigenvalue weighted by atomic mass is 10.1. The van der Waals surface area contributed by atoms with E-state index in [-0.39, 0.29) is 18.0 Å². The number of nitrogens with one attached hydrogen (secondary N) is 1. The molecule has 1 unspecified atom stereocenters. The lowest BCUT2D eigenvalue weighted by Gasteiger charge is -2.19. The van der Waals surface area contributed by atoms with Crippen LogP contribution in [0, 0.1) is 24.1 Å². The molecule has 0 spiro atoms. The molecule has 0 saturated heterocycles. The van der Waals surface area contributed by atoms with Crippen LogP contribution in [0.2, 0.25) is 0 Å². The molecule has 1 N–H and O–H groups in total. The average Bonchev–Trinajstić information content (AvgIpc) is 3.20. The molecule has 0 fully saturated rings. The zero-order valence-corrected chi connectivity index (χ0v) is 16.1. The van der Waals surface area contributed by atoms with Crippen molar-refractivity contribution in [1.29, 1.82) is 5.26 Å². The maximum Gasteiger partial charge on any atom is 0.471 e. The lowest BCUT2D eigenvalue weighted by Crippen LogP contribution is -2.25. The van der Waals surface area contributed by atoms with Crippen LogP contribution in [0.15, 0.2) is 33.6 Å². The molecule has 0 saturated carbocycles. The Morgan fingerprint density at radius 1 is 1.29 bits per heavy atom. The molecule has 162 valence electrons. The molecule has 0 aliphatic heterocycles. The highest BCUT2D eigenvalue weighted by Crippen LogP contribution is 2.31. The topological polar surface area (TPSA) is 114 Å². The van der Waals surface area contributed by atoms with Gasteiger partial charge in [0.2, 0.25) is 18.0 Å². The van der Waals surface area contributed by atoms with Gasteiger partial charge in [-0.2, -0.15) is 23.4 Å². The van der Waals surface area contributed by atoms with E-state index in [1.165, 1.54) is 18.2 Å². The molecule has 0 radical (unpaired) electrons. The number of rotatable bonds is 6. The summed E-state index contributed by atoms with van der Waals surface area (Å²) in [5, 5.41) is 12.1. The third kappa shape index (κ3) is 4.82. The van der Waals surface area contributed by atoms with E-state index >= 15 is 0 Å². The van der Waals surface area contributed by atoms with Crippen molar-refractivity contribution in [2.75, 3.05) is 0 Å². The molecule has 12 heteroatoms. The number of aryl methyl sites for hydroxylation is 1. The van der Waals surface area contributed by atoms with Crippen molar-refractivity contribution < 1.29 is 31.6 Å². The van der Waals surface area contributed by atoms with Gasteiger partial charge in [-0.05, 0) is 30.7 Å². The fourth-order valence-electron chi connectivity index (χ4n) is 2.54. The Kier molecular flexibility index (Phi) is 5.96. The number of aromatic nitrogens is 3. The number of benzene rings is 1.